The Hall–Kier alpha value is -4.33. The first-order valence-corrected chi connectivity index (χ1v) is 11.7. The summed E-state index contributed by atoms with van der Waals surface area (Å²) in [5.41, 5.74) is 7.98. The Morgan fingerprint density at radius 3 is 2.25 bits per heavy atom. The van der Waals surface area contributed by atoms with E-state index in [1.54, 1.807) is 18.9 Å². The van der Waals surface area contributed by atoms with Crippen molar-refractivity contribution in [2.75, 3.05) is 19.1 Å². The van der Waals surface area contributed by atoms with Crippen molar-refractivity contribution in [2.24, 2.45) is 14.1 Å². The average molecular weight is 483 g/mol. The molecule has 0 aliphatic rings. The van der Waals surface area contributed by atoms with Crippen LogP contribution in [0, 0.1) is 13.8 Å². The third-order valence-corrected chi connectivity index (χ3v) is 6.44. The third kappa shape index (κ3) is 4.49. The topological polar surface area (TPSA) is 70.2 Å². The number of aromatic nitrogens is 5. The summed E-state index contributed by atoms with van der Waals surface area (Å²) in [6.45, 7) is 4.74. The van der Waals surface area contributed by atoms with Crippen LogP contribution in [0.15, 0.2) is 60.9 Å². The van der Waals surface area contributed by atoms with Crippen LogP contribution >= 0.6 is 0 Å². The molecule has 0 aliphatic heterocycles. The first kappa shape index (κ1) is 23.4. The van der Waals surface area contributed by atoms with Gasteiger partial charge in [-0.15, -0.1) is 0 Å². The monoisotopic (exact) mass is 482 g/mol. The highest BCUT2D eigenvalue weighted by Gasteiger charge is 2.17. The molecule has 0 bridgehead atoms. The molecular formula is C28H30N6O2. The van der Waals surface area contributed by atoms with Gasteiger partial charge in [-0.3, -0.25) is 9.36 Å². The maximum Gasteiger partial charge on any atom is 0.124 e. The zero-order chi connectivity index (χ0) is 25.4. The molecule has 0 atom stereocenters. The first-order chi connectivity index (χ1) is 17.3. The van der Waals surface area contributed by atoms with Crippen LogP contribution in [0.1, 0.15) is 17.0 Å². The van der Waals surface area contributed by atoms with Crippen LogP contribution < -0.4 is 14.4 Å². The van der Waals surface area contributed by atoms with E-state index in [-0.39, 0.29) is 0 Å². The first-order valence-electron chi connectivity index (χ1n) is 11.7. The van der Waals surface area contributed by atoms with Crippen LogP contribution in [0.25, 0.3) is 22.2 Å². The molecular weight excluding hydrogens is 452 g/mol. The molecule has 0 spiro atoms. The molecule has 0 saturated carbocycles. The summed E-state index contributed by atoms with van der Waals surface area (Å²) in [5, 5.41) is 10.1. The number of methoxy groups -OCH3 is 2. The molecule has 5 rings (SSSR count). The number of aryl methyl sites for hydroxylation is 4. The summed E-state index contributed by atoms with van der Waals surface area (Å²) in [6, 6.07) is 16.5. The average Bonchev–Trinajstić information content (AvgIpc) is 3.45. The quantitative estimate of drug-likeness (QED) is 0.312. The maximum atomic E-state index is 5.56. The number of hydrogen-bond acceptors (Lipinski definition) is 6. The van der Waals surface area contributed by atoms with E-state index < -0.39 is 0 Å². The van der Waals surface area contributed by atoms with Gasteiger partial charge < -0.3 is 14.4 Å². The second kappa shape index (κ2) is 9.37. The summed E-state index contributed by atoms with van der Waals surface area (Å²) in [4.78, 5) is 7.21. The number of pyridine rings is 1. The zero-order valence-corrected chi connectivity index (χ0v) is 21.5. The lowest BCUT2D eigenvalue weighted by Crippen LogP contribution is -2.17. The number of nitrogens with zero attached hydrogens (tertiary/aromatic N) is 6. The van der Waals surface area contributed by atoms with E-state index in [0.29, 0.717) is 6.54 Å². The minimum absolute atomic E-state index is 0.574. The third-order valence-electron chi connectivity index (χ3n) is 6.44. The van der Waals surface area contributed by atoms with E-state index in [2.05, 4.69) is 54.2 Å². The van der Waals surface area contributed by atoms with Gasteiger partial charge in [0.25, 0.3) is 0 Å². The molecule has 3 aromatic heterocycles. The minimum atomic E-state index is 0.574. The molecule has 5 aromatic rings. The summed E-state index contributed by atoms with van der Waals surface area (Å²) in [6.07, 6.45) is 3.82. The van der Waals surface area contributed by atoms with Gasteiger partial charge in [-0.1, -0.05) is 6.07 Å². The normalized spacial score (nSPS) is 11.2. The van der Waals surface area contributed by atoms with Gasteiger partial charge in [0, 0.05) is 66.5 Å². The van der Waals surface area contributed by atoms with Crippen LogP contribution in [0.4, 0.5) is 11.4 Å². The molecule has 0 N–H and O–H groups in total. The number of hydrogen-bond donors (Lipinski definition) is 0. The summed E-state index contributed by atoms with van der Waals surface area (Å²) >= 11 is 0. The zero-order valence-electron chi connectivity index (χ0n) is 21.5. The number of fused-ring (bicyclic) bond motifs is 1. The molecule has 184 valence electrons. The molecule has 0 fully saturated rings. The van der Waals surface area contributed by atoms with E-state index >= 15 is 0 Å². The van der Waals surface area contributed by atoms with Gasteiger partial charge >= 0.3 is 0 Å². The summed E-state index contributed by atoms with van der Waals surface area (Å²) in [5.74, 6) is 1.44. The van der Waals surface area contributed by atoms with Crippen LogP contribution in [0.5, 0.6) is 11.5 Å². The molecule has 2 aromatic carbocycles. The second-order valence-corrected chi connectivity index (χ2v) is 8.99. The fraction of sp³-hybridized carbons (Fsp3) is 0.250. The van der Waals surface area contributed by atoms with Crippen molar-refractivity contribution in [3.8, 4) is 22.8 Å². The van der Waals surface area contributed by atoms with E-state index in [1.165, 1.54) is 5.56 Å². The van der Waals surface area contributed by atoms with Gasteiger partial charge in [-0.2, -0.15) is 10.2 Å². The lowest BCUT2D eigenvalue weighted by molar-refractivity contribution is 0.394. The van der Waals surface area contributed by atoms with E-state index in [9.17, 15) is 0 Å². The van der Waals surface area contributed by atoms with Crippen molar-refractivity contribution < 1.29 is 9.47 Å². The minimum Gasteiger partial charge on any atom is -0.497 e. The van der Waals surface area contributed by atoms with Crippen LogP contribution in [-0.2, 0) is 20.6 Å². The Balaban J connectivity index is 1.65. The predicted octanol–water partition coefficient (Wildman–Crippen LogP) is 5.34. The molecule has 36 heavy (non-hydrogen) atoms. The fourth-order valence-corrected chi connectivity index (χ4v) is 4.41. The molecule has 0 saturated heterocycles. The SMILES string of the molecule is COc1cc(OC)cc(N(Cc2cc(C)n(C)n2)c2ccc3c(C)cc(-c4cnn(C)c4)nc3c2)c1. The van der Waals surface area contributed by atoms with E-state index in [4.69, 9.17) is 19.6 Å². The lowest BCUT2D eigenvalue weighted by Gasteiger charge is -2.25. The molecule has 8 heteroatoms. The maximum absolute atomic E-state index is 5.56. The van der Waals surface area contributed by atoms with Gasteiger partial charge in [-0.25, -0.2) is 4.98 Å². The highest BCUT2D eigenvalue weighted by molar-refractivity contribution is 5.88. The van der Waals surface area contributed by atoms with Crippen molar-refractivity contribution in [3.63, 3.8) is 0 Å². The number of rotatable bonds is 7. The molecule has 8 nitrogen and oxygen atoms in total. The molecule has 0 aliphatic carbocycles. The van der Waals surface area contributed by atoms with Gasteiger partial charge in [0.15, 0.2) is 0 Å². The Morgan fingerprint density at radius 1 is 0.889 bits per heavy atom. The van der Waals surface area contributed by atoms with Crippen molar-refractivity contribution in [1.82, 2.24) is 24.5 Å². The molecule has 0 radical (unpaired) electrons. The number of anilines is 2. The highest BCUT2D eigenvalue weighted by Crippen LogP contribution is 2.36. The Labute approximate surface area is 210 Å². The fourth-order valence-electron chi connectivity index (χ4n) is 4.41. The molecule has 0 amide bonds. The number of benzene rings is 2. The predicted molar refractivity (Wildman–Crippen MR) is 142 cm³/mol. The van der Waals surface area contributed by atoms with Crippen molar-refractivity contribution >= 4 is 22.3 Å². The standard InChI is InChI=1S/C28H30N6O2/c1-18-9-27(20-15-29-32(3)16-20)30-28-13-22(7-8-26(18)28)34(17-21-10-19(2)33(4)31-21)23-11-24(35-5)14-25(12-23)36-6/h7-16H,17H2,1-6H3. The lowest BCUT2D eigenvalue weighted by atomic mass is 10.1. The summed E-state index contributed by atoms with van der Waals surface area (Å²) in [7, 11) is 7.19. The molecule has 3 heterocycles. The second-order valence-electron chi connectivity index (χ2n) is 8.99. The van der Waals surface area contributed by atoms with E-state index in [1.807, 2.05) is 49.4 Å². The smallest absolute Gasteiger partial charge is 0.124 e. The Bertz CT molecular complexity index is 1510. The van der Waals surface area contributed by atoms with Gasteiger partial charge in [0.2, 0.25) is 0 Å². The van der Waals surface area contributed by atoms with Crippen molar-refractivity contribution in [2.45, 2.75) is 20.4 Å². The van der Waals surface area contributed by atoms with Crippen LogP contribution in [0.3, 0.4) is 0 Å². The van der Waals surface area contributed by atoms with Crippen molar-refractivity contribution in [3.05, 3.63) is 77.9 Å². The summed E-state index contributed by atoms with van der Waals surface area (Å²) < 4.78 is 14.8. The molecule has 0 unspecified atom stereocenters. The van der Waals surface area contributed by atoms with E-state index in [0.717, 1.165) is 56.4 Å². The highest BCUT2D eigenvalue weighted by atomic mass is 16.5. The van der Waals surface area contributed by atoms with Gasteiger partial charge in [-0.05, 0) is 43.7 Å². The van der Waals surface area contributed by atoms with Gasteiger partial charge in [0.1, 0.15) is 11.5 Å². The van der Waals surface area contributed by atoms with Crippen LogP contribution in [0.2, 0.25) is 0 Å². The van der Waals surface area contributed by atoms with Crippen molar-refractivity contribution in [1.29, 1.82) is 0 Å². The van der Waals surface area contributed by atoms with Crippen LogP contribution in [-0.4, -0.2) is 38.8 Å². The number of ether oxygens (including phenoxy) is 2. The largest absolute Gasteiger partial charge is 0.497 e. The van der Waals surface area contributed by atoms with Gasteiger partial charge in [0.05, 0.1) is 43.9 Å². The Kier molecular flexibility index (Phi) is 6.10. The Morgan fingerprint density at radius 2 is 1.64 bits per heavy atom.